The number of carbonyl (C=O) groups is 1. The number of hydrogen-bond donors (Lipinski definition) is 0. The van der Waals surface area contributed by atoms with Gasteiger partial charge in [0.25, 0.3) is 0 Å². The summed E-state index contributed by atoms with van der Waals surface area (Å²) in [5, 5.41) is 0. The summed E-state index contributed by atoms with van der Waals surface area (Å²) < 4.78 is 6.35. The predicted octanol–water partition coefficient (Wildman–Crippen LogP) is 4.92. The van der Waals surface area contributed by atoms with Crippen LogP contribution in [0.3, 0.4) is 0 Å². The summed E-state index contributed by atoms with van der Waals surface area (Å²) in [6.07, 6.45) is 3.77. The number of hydrogen-bond acceptors (Lipinski definition) is 3. The lowest BCUT2D eigenvalue weighted by Crippen LogP contribution is -2.33. The van der Waals surface area contributed by atoms with Gasteiger partial charge < -0.3 is 4.74 Å². The van der Waals surface area contributed by atoms with Crippen LogP contribution in [-0.2, 0) is 16.0 Å². The molecule has 0 aromatic carbocycles. The molecular formula is C17H26BrNO2. The Bertz CT molecular complexity index is 478. The normalized spacial score (nSPS) is 12.3. The van der Waals surface area contributed by atoms with Gasteiger partial charge in [0.05, 0.1) is 5.41 Å². The summed E-state index contributed by atoms with van der Waals surface area (Å²) in [7, 11) is 0. The van der Waals surface area contributed by atoms with Crippen molar-refractivity contribution < 1.29 is 9.53 Å². The van der Waals surface area contributed by atoms with Gasteiger partial charge in [0, 0.05) is 5.69 Å². The first kappa shape index (κ1) is 18.1. The summed E-state index contributed by atoms with van der Waals surface area (Å²) in [6, 6.07) is 5.95. The number of rotatable bonds is 6. The molecule has 21 heavy (non-hydrogen) atoms. The van der Waals surface area contributed by atoms with Gasteiger partial charge in [-0.25, -0.2) is 4.98 Å². The van der Waals surface area contributed by atoms with Crippen molar-refractivity contribution in [1.82, 2.24) is 4.98 Å². The van der Waals surface area contributed by atoms with Crippen molar-refractivity contribution in [1.29, 1.82) is 0 Å². The van der Waals surface area contributed by atoms with Crippen LogP contribution < -0.4 is 0 Å². The number of aryl methyl sites for hydroxylation is 1. The number of unbranched alkanes of at least 4 members (excludes halogenated alkanes) is 1. The molecule has 1 aromatic rings. The molecular weight excluding hydrogens is 330 g/mol. The average Bonchev–Trinajstić information content (AvgIpc) is 2.33. The Morgan fingerprint density at radius 3 is 2.43 bits per heavy atom. The van der Waals surface area contributed by atoms with Crippen molar-refractivity contribution in [3.63, 3.8) is 0 Å². The fourth-order valence-electron chi connectivity index (χ4n) is 1.98. The van der Waals surface area contributed by atoms with E-state index in [0.29, 0.717) is 0 Å². The molecule has 0 bridgehead atoms. The molecule has 0 N–H and O–H groups in total. The van der Waals surface area contributed by atoms with Gasteiger partial charge in [-0.1, -0.05) is 12.5 Å². The van der Waals surface area contributed by atoms with Crippen LogP contribution in [0.5, 0.6) is 0 Å². The monoisotopic (exact) mass is 355 g/mol. The SMILES string of the molecule is CC(C)(C)OC(=O)C(C)(C)CCCCc1cccc(Br)n1. The van der Waals surface area contributed by atoms with Gasteiger partial charge in [-0.05, 0) is 81.9 Å². The van der Waals surface area contributed by atoms with Gasteiger partial charge in [0.15, 0.2) is 0 Å². The molecule has 0 aliphatic rings. The molecule has 0 atom stereocenters. The van der Waals surface area contributed by atoms with E-state index in [1.54, 1.807) is 0 Å². The molecule has 0 amide bonds. The molecule has 0 saturated heterocycles. The molecule has 0 unspecified atom stereocenters. The molecule has 1 aromatic heterocycles. The van der Waals surface area contributed by atoms with Crippen molar-refractivity contribution in [3.8, 4) is 0 Å². The molecule has 0 radical (unpaired) electrons. The standard InChI is InChI=1S/C17H26BrNO2/c1-16(2,3)21-15(20)17(4,5)12-7-6-9-13-10-8-11-14(18)19-13/h8,10-11H,6-7,9,12H2,1-5H3. The lowest BCUT2D eigenvalue weighted by molar-refractivity contribution is -0.166. The molecule has 118 valence electrons. The van der Waals surface area contributed by atoms with Crippen molar-refractivity contribution in [2.45, 2.75) is 65.9 Å². The first-order valence-corrected chi connectivity index (χ1v) is 8.24. The largest absolute Gasteiger partial charge is 0.460 e. The maximum absolute atomic E-state index is 12.1. The Morgan fingerprint density at radius 1 is 1.19 bits per heavy atom. The lowest BCUT2D eigenvalue weighted by atomic mass is 9.86. The fourth-order valence-corrected chi connectivity index (χ4v) is 2.36. The van der Waals surface area contributed by atoms with E-state index in [0.717, 1.165) is 36.0 Å². The van der Waals surface area contributed by atoms with Crippen molar-refractivity contribution in [2.24, 2.45) is 5.41 Å². The quantitative estimate of drug-likeness (QED) is 0.412. The fraction of sp³-hybridized carbons (Fsp3) is 0.647. The van der Waals surface area contributed by atoms with Gasteiger partial charge in [-0.15, -0.1) is 0 Å². The van der Waals surface area contributed by atoms with E-state index in [2.05, 4.69) is 20.9 Å². The molecule has 0 aliphatic heterocycles. The van der Waals surface area contributed by atoms with Crippen LogP contribution in [0.2, 0.25) is 0 Å². The first-order valence-electron chi connectivity index (χ1n) is 7.45. The van der Waals surface area contributed by atoms with E-state index >= 15 is 0 Å². The maximum atomic E-state index is 12.1. The van der Waals surface area contributed by atoms with Gasteiger partial charge in [-0.2, -0.15) is 0 Å². The second-order valence-corrected chi connectivity index (χ2v) is 7.86. The van der Waals surface area contributed by atoms with E-state index < -0.39 is 11.0 Å². The Balaban J connectivity index is 2.38. The minimum absolute atomic E-state index is 0.115. The predicted molar refractivity (Wildman–Crippen MR) is 89.1 cm³/mol. The third kappa shape index (κ3) is 7.07. The maximum Gasteiger partial charge on any atom is 0.312 e. The summed E-state index contributed by atoms with van der Waals surface area (Å²) in [4.78, 5) is 16.6. The van der Waals surface area contributed by atoms with Gasteiger partial charge in [-0.3, -0.25) is 4.79 Å². The minimum atomic E-state index is -0.433. The highest BCUT2D eigenvalue weighted by Crippen LogP contribution is 2.27. The van der Waals surface area contributed by atoms with E-state index in [-0.39, 0.29) is 5.97 Å². The molecule has 1 rings (SSSR count). The van der Waals surface area contributed by atoms with Crippen molar-refractivity contribution >= 4 is 21.9 Å². The molecule has 0 saturated carbocycles. The van der Waals surface area contributed by atoms with Crippen LogP contribution >= 0.6 is 15.9 Å². The van der Waals surface area contributed by atoms with Crippen molar-refractivity contribution in [2.75, 3.05) is 0 Å². The van der Waals surface area contributed by atoms with E-state index in [4.69, 9.17) is 4.74 Å². The zero-order valence-corrected chi connectivity index (χ0v) is 15.3. The number of ether oxygens (including phenoxy) is 1. The van der Waals surface area contributed by atoms with E-state index in [1.807, 2.05) is 52.8 Å². The molecule has 3 nitrogen and oxygen atoms in total. The summed E-state index contributed by atoms with van der Waals surface area (Å²) in [5.74, 6) is -0.115. The highest BCUT2D eigenvalue weighted by molar-refractivity contribution is 9.10. The number of nitrogens with zero attached hydrogens (tertiary/aromatic N) is 1. The minimum Gasteiger partial charge on any atom is -0.460 e. The second-order valence-electron chi connectivity index (χ2n) is 7.04. The smallest absolute Gasteiger partial charge is 0.312 e. The number of aromatic nitrogens is 1. The van der Waals surface area contributed by atoms with Crippen LogP contribution in [0, 0.1) is 5.41 Å². The van der Waals surface area contributed by atoms with Crippen LogP contribution in [0.25, 0.3) is 0 Å². The molecule has 0 fully saturated rings. The van der Waals surface area contributed by atoms with Crippen LogP contribution in [-0.4, -0.2) is 16.6 Å². The molecule has 0 spiro atoms. The van der Waals surface area contributed by atoms with Crippen LogP contribution in [0.4, 0.5) is 0 Å². The van der Waals surface area contributed by atoms with Gasteiger partial charge in [0.2, 0.25) is 0 Å². The zero-order chi connectivity index (χ0) is 16.1. The number of halogens is 1. The van der Waals surface area contributed by atoms with Crippen molar-refractivity contribution in [3.05, 3.63) is 28.5 Å². The lowest BCUT2D eigenvalue weighted by Gasteiger charge is -2.28. The highest BCUT2D eigenvalue weighted by Gasteiger charge is 2.31. The van der Waals surface area contributed by atoms with Crippen LogP contribution in [0.1, 0.15) is 59.6 Å². The van der Waals surface area contributed by atoms with Crippen LogP contribution in [0.15, 0.2) is 22.8 Å². The molecule has 4 heteroatoms. The zero-order valence-electron chi connectivity index (χ0n) is 13.7. The Morgan fingerprint density at radius 2 is 1.86 bits per heavy atom. The average molecular weight is 356 g/mol. The highest BCUT2D eigenvalue weighted by atomic mass is 79.9. The number of carbonyl (C=O) groups excluding carboxylic acids is 1. The molecule has 0 aliphatic carbocycles. The Kier molecular flexibility index (Phi) is 6.39. The van der Waals surface area contributed by atoms with Gasteiger partial charge >= 0.3 is 5.97 Å². The van der Waals surface area contributed by atoms with E-state index in [9.17, 15) is 4.79 Å². The summed E-state index contributed by atoms with van der Waals surface area (Å²) in [6.45, 7) is 9.62. The summed E-state index contributed by atoms with van der Waals surface area (Å²) in [5.41, 5.74) is 0.228. The topological polar surface area (TPSA) is 39.2 Å². The third-order valence-corrected chi connectivity index (χ3v) is 3.65. The van der Waals surface area contributed by atoms with E-state index in [1.165, 1.54) is 0 Å². The molecule has 1 heterocycles. The Hall–Kier alpha value is -0.900. The Labute approximate surface area is 136 Å². The van der Waals surface area contributed by atoms with Gasteiger partial charge in [0.1, 0.15) is 10.2 Å². The number of esters is 1. The third-order valence-electron chi connectivity index (χ3n) is 3.21. The summed E-state index contributed by atoms with van der Waals surface area (Å²) >= 11 is 3.38. The second kappa shape index (κ2) is 7.39. The first-order chi connectivity index (χ1) is 9.60. The number of pyridine rings is 1.